The maximum Gasteiger partial charge on any atom is 0.164 e. The van der Waals surface area contributed by atoms with Crippen molar-refractivity contribution in [2.24, 2.45) is 5.73 Å². The van der Waals surface area contributed by atoms with Gasteiger partial charge in [0.25, 0.3) is 0 Å². The summed E-state index contributed by atoms with van der Waals surface area (Å²) in [6.07, 6.45) is 5.02. The summed E-state index contributed by atoms with van der Waals surface area (Å²) in [6.45, 7) is 0.872. The molecule has 0 unspecified atom stereocenters. The predicted molar refractivity (Wildman–Crippen MR) is 49.0 cm³/mol. The fourth-order valence-corrected chi connectivity index (χ4v) is 1.06. The fraction of sp³-hybridized carbons (Fsp3) is 0.250. The molecule has 0 bridgehead atoms. The van der Waals surface area contributed by atoms with Gasteiger partial charge in [-0.15, -0.1) is 0 Å². The van der Waals surface area contributed by atoms with Gasteiger partial charge in [-0.2, -0.15) is 5.10 Å². The van der Waals surface area contributed by atoms with Crippen LogP contribution in [0, 0.1) is 0 Å². The van der Waals surface area contributed by atoms with E-state index in [4.69, 9.17) is 5.73 Å². The first-order valence-corrected chi connectivity index (χ1v) is 4.23. The van der Waals surface area contributed by atoms with Gasteiger partial charge in [0.05, 0.1) is 6.54 Å². The standard InChI is InChI=1S/C8H10N6/c9-4-7-12-6-14(13-7)5-8-10-2-1-3-11-8/h1-3,6H,4-5,9H2. The van der Waals surface area contributed by atoms with Crippen molar-refractivity contribution in [1.29, 1.82) is 0 Å². The molecule has 0 aliphatic carbocycles. The fourth-order valence-electron chi connectivity index (χ4n) is 1.06. The number of hydrogen-bond acceptors (Lipinski definition) is 5. The molecule has 2 heterocycles. The maximum atomic E-state index is 5.39. The van der Waals surface area contributed by atoms with E-state index in [0.717, 1.165) is 0 Å². The molecule has 0 radical (unpaired) electrons. The summed E-state index contributed by atoms with van der Waals surface area (Å²) in [7, 11) is 0. The highest BCUT2D eigenvalue weighted by Gasteiger charge is 2.00. The lowest BCUT2D eigenvalue weighted by Gasteiger charge is -1.97. The van der Waals surface area contributed by atoms with Crippen LogP contribution in [-0.2, 0) is 13.1 Å². The molecule has 6 nitrogen and oxygen atoms in total. The van der Waals surface area contributed by atoms with Crippen molar-refractivity contribution in [3.63, 3.8) is 0 Å². The molecule has 2 aromatic heterocycles. The molecule has 2 aromatic rings. The minimum absolute atomic E-state index is 0.350. The van der Waals surface area contributed by atoms with Gasteiger partial charge in [0, 0.05) is 12.4 Å². The minimum Gasteiger partial charge on any atom is -0.324 e. The smallest absolute Gasteiger partial charge is 0.164 e. The lowest BCUT2D eigenvalue weighted by atomic mass is 10.5. The molecule has 0 fully saturated rings. The Labute approximate surface area is 80.8 Å². The van der Waals surface area contributed by atoms with Crippen LogP contribution in [-0.4, -0.2) is 24.7 Å². The lowest BCUT2D eigenvalue weighted by Crippen LogP contribution is -2.06. The third-order valence-electron chi connectivity index (χ3n) is 1.69. The Morgan fingerprint density at radius 2 is 1.93 bits per heavy atom. The van der Waals surface area contributed by atoms with E-state index in [0.29, 0.717) is 24.7 Å². The van der Waals surface area contributed by atoms with Crippen molar-refractivity contribution >= 4 is 0 Å². The van der Waals surface area contributed by atoms with Gasteiger partial charge >= 0.3 is 0 Å². The summed E-state index contributed by atoms with van der Waals surface area (Å²) in [4.78, 5) is 12.2. The largest absolute Gasteiger partial charge is 0.324 e. The number of nitrogens with two attached hydrogens (primary N) is 1. The summed E-state index contributed by atoms with van der Waals surface area (Å²) in [5.74, 6) is 1.34. The second-order valence-electron chi connectivity index (χ2n) is 2.73. The average Bonchev–Trinajstić information content (AvgIpc) is 2.67. The minimum atomic E-state index is 0.350. The zero-order valence-electron chi connectivity index (χ0n) is 7.54. The first-order chi connectivity index (χ1) is 6.88. The molecule has 14 heavy (non-hydrogen) atoms. The molecular weight excluding hydrogens is 180 g/mol. The number of aromatic nitrogens is 5. The molecule has 0 amide bonds. The summed E-state index contributed by atoms with van der Waals surface area (Å²) in [5.41, 5.74) is 5.39. The maximum absolute atomic E-state index is 5.39. The van der Waals surface area contributed by atoms with E-state index in [1.807, 2.05) is 0 Å². The van der Waals surface area contributed by atoms with Crippen LogP contribution < -0.4 is 5.73 Å². The average molecular weight is 190 g/mol. The van der Waals surface area contributed by atoms with Gasteiger partial charge in [-0.1, -0.05) is 0 Å². The molecule has 0 atom stereocenters. The molecule has 0 aromatic carbocycles. The van der Waals surface area contributed by atoms with Gasteiger partial charge in [-0.25, -0.2) is 19.6 Å². The molecular formula is C8H10N6. The van der Waals surface area contributed by atoms with Crippen molar-refractivity contribution in [1.82, 2.24) is 24.7 Å². The Morgan fingerprint density at radius 1 is 1.14 bits per heavy atom. The van der Waals surface area contributed by atoms with Gasteiger partial charge < -0.3 is 5.73 Å². The first kappa shape index (κ1) is 8.76. The Kier molecular flexibility index (Phi) is 2.46. The van der Waals surface area contributed by atoms with Crippen LogP contribution in [0.3, 0.4) is 0 Å². The van der Waals surface area contributed by atoms with Crippen molar-refractivity contribution in [3.8, 4) is 0 Å². The number of hydrogen-bond donors (Lipinski definition) is 1. The van der Waals surface area contributed by atoms with Crippen LogP contribution in [0.4, 0.5) is 0 Å². The zero-order valence-corrected chi connectivity index (χ0v) is 7.54. The summed E-state index contributed by atoms with van der Waals surface area (Å²) >= 11 is 0. The van der Waals surface area contributed by atoms with Crippen LogP contribution in [0.2, 0.25) is 0 Å². The molecule has 0 spiro atoms. The topological polar surface area (TPSA) is 82.5 Å². The molecule has 0 saturated carbocycles. The Balaban J connectivity index is 2.11. The Hall–Kier alpha value is -1.82. The second-order valence-corrected chi connectivity index (χ2v) is 2.73. The molecule has 0 aliphatic heterocycles. The van der Waals surface area contributed by atoms with Crippen LogP contribution >= 0.6 is 0 Å². The van der Waals surface area contributed by atoms with Gasteiger partial charge in [0.1, 0.15) is 18.7 Å². The molecule has 0 aliphatic rings. The van der Waals surface area contributed by atoms with Gasteiger partial charge in [0.2, 0.25) is 0 Å². The quantitative estimate of drug-likeness (QED) is 0.710. The number of rotatable bonds is 3. The second kappa shape index (κ2) is 3.93. The Morgan fingerprint density at radius 3 is 2.57 bits per heavy atom. The zero-order chi connectivity index (χ0) is 9.80. The SMILES string of the molecule is NCc1ncn(Cc2ncccn2)n1. The lowest BCUT2D eigenvalue weighted by molar-refractivity contribution is 0.643. The van der Waals surface area contributed by atoms with Crippen molar-refractivity contribution < 1.29 is 0 Å². The highest BCUT2D eigenvalue weighted by molar-refractivity contribution is 4.90. The van der Waals surface area contributed by atoms with Crippen molar-refractivity contribution in [2.75, 3.05) is 0 Å². The summed E-state index contributed by atoms with van der Waals surface area (Å²) in [5, 5.41) is 4.12. The highest BCUT2D eigenvalue weighted by atomic mass is 15.3. The van der Waals surface area contributed by atoms with Crippen LogP contribution in [0.1, 0.15) is 11.6 Å². The third kappa shape index (κ3) is 1.91. The summed E-state index contributed by atoms with van der Waals surface area (Å²) < 4.78 is 1.66. The normalized spacial score (nSPS) is 10.4. The van der Waals surface area contributed by atoms with E-state index >= 15 is 0 Å². The summed E-state index contributed by atoms with van der Waals surface area (Å²) in [6, 6.07) is 1.77. The van der Waals surface area contributed by atoms with E-state index in [-0.39, 0.29) is 0 Å². The van der Waals surface area contributed by atoms with E-state index in [1.54, 1.807) is 29.5 Å². The van der Waals surface area contributed by atoms with Gasteiger partial charge in [0.15, 0.2) is 5.82 Å². The molecule has 0 saturated heterocycles. The van der Waals surface area contributed by atoms with Gasteiger partial charge in [-0.3, -0.25) is 0 Å². The number of nitrogens with zero attached hydrogens (tertiary/aromatic N) is 5. The molecule has 6 heteroatoms. The molecule has 2 N–H and O–H groups in total. The molecule has 72 valence electrons. The van der Waals surface area contributed by atoms with Crippen molar-refractivity contribution in [3.05, 3.63) is 36.4 Å². The predicted octanol–water partition coefficient (Wildman–Crippen LogP) is -0.425. The van der Waals surface area contributed by atoms with E-state index in [1.165, 1.54) is 0 Å². The van der Waals surface area contributed by atoms with Crippen LogP contribution in [0.25, 0.3) is 0 Å². The monoisotopic (exact) mass is 190 g/mol. The van der Waals surface area contributed by atoms with Crippen LogP contribution in [0.15, 0.2) is 24.8 Å². The van der Waals surface area contributed by atoms with E-state index in [2.05, 4.69) is 20.1 Å². The van der Waals surface area contributed by atoms with E-state index in [9.17, 15) is 0 Å². The molecule has 2 rings (SSSR count). The highest BCUT2D eigenvalue weighted by Crippen LogP contribution is 1.93. The van der Waals surface area contributed by atoms with Crippen LogP contribution in [0.5, 0.6) is 0 Å². The third-order valence-corrected chi connectivity index (χ3v) is 1.69. The Bertz CT molecular complexity index is 395. The van der Waals surface area contributed by atoms with E-state index < -0.39 is 0 Å². The first-order valence-electron chi connectivity index (χ1n) is 4.23. The van der Waals surface area contributed by atoms with Crippen molar-refractivity contribution in [2.45, 2.75) is 13.1 Å². The van der Waals surface area contributed by atoms with Gasteiger partial charge in [-0.05, 0) is 6.07 Å².